The number of rotatable bonds is 5. The molecule has 3 rings (SSSR count). The summed E-state index contributed by atoms with van der Waals surface area (Å²) in [6.07, 6.45) is 3.63. The number of carbonyl (C=O) groups is 2. The van der Waals surface area contributed by atoms with Crippen LogP contribution in [-0.4, -0.2) is 24.9 Å². The molecule has 0 unspecified atom stereocenters. The monoisotopic (exact) mass is 292 g/mol. The van der Waals surface area contributed by atoms with Gasteiger partial charge in [-0.15, -0.1) is 13.2 Å². The number of amides is 2. The van der Waals surface area contributed by atoms with Crippen LogP contribution in [0, 0.1) is 0 Å². The molecule has 0 atom stereocenters. The Bertz CT molecular complexity index is 778. The molecule has 1 aliphatic rings. The first kappa shape index (κ1) is 14.1. The lowest BCUT2D eigenvalue weighted by atomic mass is 9.94. The highest BCUT2D eigenvalue weighted by molar-refractivity contribution is 6.26. The highest BCUT2D eigenvalue weighted by Crippen LogP contribution is 2.33. The molecule has 0 bridgehead atoms. The third-order valence-electron chi connectivity index (χ3n) is 3.77. The lowest BCUT2D eigenvalue weighted by molar-refractivity contribution is 0.0845. The zero-order valence-electron chi connectivity index (χ0n) is 12.1. The molecular formula is C18H16N2O2. The van der Waals surface area contributed by atoms with Gasteiger partial charge in [0.05, 0.1) is 0 Å². The Balaban J connectivity index is 2.30. The van der Waals surface area contributed by atoms with Gasteiger partial charge in [-0.25, -0.2) is 0 Å². The second kappa shape index (κ2) is 5.48. The van der Waals surface area contributed by atoms with Crippen LogP contribution in [0.15, 0.2) is 55.6 Å². The maximum atomic E-state index is 12.0. The van der Waals surface area contributed by atoms with Crippen LogP contribution in [0.3, 0.4) is 0 Å². The van der Waals surface area contributed by atoms with Gasteiger partial charge >= 0.3 is 0 Å². The summed E-state index contributed by atoms with van der Waals surface area (Å²) in [7, 11) is 0. The van der Waals surface area contributed by atoms with E-state index in [1.807, 2.05) is 30.4 Å². The SMILES string of the molecule is C=CCN(CC=C)c1ccc2c3c(cccc13)C(=O)NC2=O. The van der Waals surface area contributed by atoms with Crippen molar-refractivity contribution in [2.45, 2.75) is 0 Å². The molecule has 0 fully saturated rings. The fourth-order valence-electron chi connectivity index (χ4n) is 2.87. The van der Waals surface area contributed by atoms with Gasteiger partial charge in [0.2, 0.25) is 0 Å². The van der Waals surface area contributed by atoms with Crippen LogP contribution < -0.4 is 10.2 Å². The lowest BCUT2D eigenvalue weighted by Crippen LogP contribution is -2.35. The minimum atomic E-state index is -0.348. The fourth-order valence-corrected chi connectivity index (χ4v) is 2.87. The maximum absolute atomic E-state index is 12.0. The van der Waals surface area contributed by atoms with Crippen molar-refractivity contribution in [2.75, 3.05) is 18.0 Å². The predicted octanol–water partition coefficient (Wildman–Crippen LogP) is 2.90. The number of nitrogens with zero attached hydrogens (tertiary/aromatic N) is 1. The Labute approximate surface area is 128 Å². The third-order valence-corrected chi connectivity index (χ3v) is 3.77. The van der Waals surface area contributed by atoms with E-state index in [2.05, 4.69) is 23.4 Å². The van der Waals surface area contributed by atoms with Crippen molar-refractivity contribution in [1.29, 1.82) is 0 Å². The molecule has 0 aromatic heterocycles. The van der Waals surface area contributed by atoms with E-state index >= 15 is 0 Å². The van der Waals surface area contributed by atoms with Crippen LogP contribution in [-0.2, 0) is 0 Å². The molecule has 2 amide bonds. The molecule has 0 saturated carbocycles. The van der Waals surface area contributed by atoms with Gasteiger partial charge in [0.1, 0.15) is 0 Å². The molecule has 2 aromatic rings. The maximum Gasteiger partial charge on any atom is 0.258 e. The first-order valence-corrected chi connectivity index (χ1v) is 7.05. The van der Waals surface area contributed by atoms with Gasteiger partial charge in [0.25, 0.3) is 11.8 Å². The van der Waals surface area contributed by atoms with Crippen LogP contribution in [0.2, 0.25) is 0 Å². The summed E-state index contributed by atoms with van der Waals surface area (Å²) >= 11 is 0. The topological polar surface area (TPSA) is 49.4 Å². The van der Waals surface area contributed by atoms with E-state index in [4.69, 9.17) is 0 Å². The molecule has 1 aliphatic heterocycles. The Morgan fingerprint density at radius 2 is 1.59 bits per heavy atom. The molecule has 1 N–H and O–H groups in total. The molecule has 4 heteroatoms. The van der Waals surface area contributed by atoms with Crippen LogP contribution >= 0.6 is 0 Å². The number of nitrogens with one attached hydrogen (secondary N) is 1. The number of anilines is 1. The summed E-state index contributed by atoms with van der Waals surface area (Å²) in [5.41, 5.74) is 2.03. The summed E-state index contributed by atoms with van der Waals surface area (Å²) in [4.78, 5) is 26.2. The lowest BCUT2D eigenvalue weighted by Gasteiger charge is -2.26. The number of imide groups is 1. The van der Waals surface area contributed by atoms with Crippen LogP contribution in [0.1, 0.15) is 20.7 Å². The van der Waals surface area contributed by atoms with Crippen molar-refractivity contribution in [3.8, 4) is 0 Å². The van der Waals surface area contributed by atoms with Gasteiger partial charge < -0.3 is 4.90 Å². The zero-order valence-corrected chi connectivity index (χ0v) is 12.1. The molecule has 4 nitrogen and oxygen atoms in total. The molecule has 22 heavy (non-hydrogen) atoms. The van der Waals surface area contributed by atoms with Gasteiger partial charge in [0, 0.05) is 40.7 Å². The van der Waals surface area contributed by atoms with Crippen molar-refractivity contribution >= 4 is 28.3 Å². The number of hydrogen-bond donors (Lipinski definition) is 1. The quantitative estimate of drug-likeness (QED) is 0.681. The first-order chi connectivity index (χ1) is 10.7. The average Bonchev–Trinajstić information content (AvgIpc) is 2.52. The van der Waals surface area contributed by atoms with Gasteiger partial charge in [-0.3, -0.25) is 14.9 Å². The molecule has 110 valence electrons. The standard InChI is InChI=1S/C18H16N2O2/c1-3-10-20(11-4-2)15-9-8-14-16-12(15)6-5-7-13(16)17(21)19-18(14)22/h3-9H,1-2,10-11H2,(H,19,21,22). The minimum Gasteiger partial charge on any atom is -0.364 e. The molecule has 1 heterocycles. The summed E-state index contributed by atoms with van der Waals surface area (Å²) in [5.74, 6) is -0.696. The Kier molecular flexibility index (Phi) is 3.51. The third kappa shape index (κ3) is 2.09. The van der Waals surface area contributed by atoms with E-state index in [1.165, 1.54) is 0 Å². The van der Waals surface area contributed by atoms with Gasteiger partial charge in [-0.1, -0.05) is 24.3 Å². The fraction of sp³-hybridized carbons (Fsp3) is 0.111. The van der Waals surface area contributed by atoms with Gasteiger partial charge in [0.15, 0.2) is 0 Å². The van der Waals surface area contributed by atoms with E-state index in [-0.39, 0.29) is 11.8 Å². The summed E-state index contributed by atoms with van der Waals surface area (Å²) in [6, 6.07) is 9.18. The highest BCUT2D eigenvalue weighted by Gasteiger charge is 2.26. The molecule has 0 aliphatic carbocycles. The second-order valence-corrected chi connectivity index (χ2v) is 5.13. The number of carbonyl (C=O) groups excluding carboxylic acids is 2. The Morgan fingerprint density at radius 1 is 0.955 bits per heavy atom. The predicted molar refractivity (Wildman–Crippen MR) is 88.4 cm³/mol. The van der Waals surface area contributed by atoms with Crippen LogP contribution in [0.4, 0.5) is 5.69 Å². The summed E-state index contributed by atoms with van der Waals surface area (Å²) in [5, 5.41) is 3.98. The van der Waals surface area contributed by atoms with Gasteiger partial charge in [-0.05, 0) is 18.2 Å². The van der Waals surface area contributed by atoms with E-state index < -0.39 is 0 Å². The first-order valence-electron chi connectivity index (χ1n) is 7.05. The molecule has 2 aromatic carbocycles. The smallest absolute Gasteiger partial charge is 0.258 e. The number of benzene rings is 2. The summed E-state index contributed by atoms with van der Waals surface area (Å²) < 4.78 is 0. The van der Waals surface area contributed by atoms with Crippen molar-refractivity contribution in [1.82, 2.24) is 5.32 Å². The van der Waals surface area contributed by atoms with E-state index in [9.17, 15) is 9.59 Å². The van der Waals surface area contributed by atoms with E-state index in [0.29, 0.717) is 29.6 Å². The second-order valence-electron chi connectivity index (χ2n) is 5.13. The zero-order chi connectivity index (χ0) is 15.7. The van der Waals surface area contributed by atoms with Crippen molar-refractivity contribution in [2.24, 2.45) is 0 Å². The van der Waals surface area contributed by atoms with Crippen LogP contribution in [0.25, 0.3) is 10.8 Å². The van der Waals surface area contributed by atoms with Crippen molar-refractivity contribution in [3.63, 3.8) is 0 Å². The van der Waals surface area contributed by atoms with Crippen molar-refractivity contribution < 1.29 is 9.59 Å². The molecule has 0 spiro atoms. The Hall–Kier alpha value is -2.88. The largest absolute Gasteiger partial charge is 0.364 e. The van der Waals surface area contributed by atoms with Crippen molar-refractivity contribution in [3.05, 3.63) is 66.8 Å². The minimum absolute atomic E-state index is 0.348. The van der Waals surface area contributed by atoms with Crippen LogP contribution in [0.5, 0.6) is 0 Å². The summed E-state index contributed by atoms with van der Waals surface area (Å²) in [6.45, 7) is 8.88. The molecule has 0 radical (unpaired) electrons. The number of hydrogen-bond acceptors (Lipinski definition) is 3. The Morgan fingerprint density at radius 3 is 2.23 bits per heavy atom. The van der Waals surface area contributed by atoms with E-state index in [1.54, 1.807) is 12.1 Å². The molecular weight excluding hydrogens is 276 g/mol. The van der Waals surface area contributed by atoms with Gasteiger partial charge in [-0.2, -0.15) is 0 Å². The average molecular weight is 292 g/mol. The molecule has 0 saturated heterocycles. The van der Waals surface area contributed by atoms with E-state index in [0.717, 1.165) is 11.1 Å². The normalized spacial score (nSPS) is 12.9. The highest BCUT2D eigenvalue weighted by atomic mass is 16.2.